The van der Waals surface area contributed by atoms with Crippen molar-refractivity contribution in [1.29, 1.82) is 0 Å². The molecule has 0 radical (unpaired) electrons. The second-order valence-corrected chi connectivity index (χ2v) is 4.68. The van der Waals surface area contributed by atoms with Crippen molar-refractivity contribution in [2.24, 2.45) is 10.9 Å². The summed E-state index contributed by atoms with van der Waals surface area (Å²) in [6, 6.07) is 0. The number of hydrogen-bond acceptors (Lipinski definition) is 9. The molecule has 98 valence electrons. The average Bonchev–Trinajstić information content (AvgIpc) is 2.32. The summed E-state index contributed by atoms with van der Waals surface area (Å²) in [5.41, 5.74) is 5.43. The standard InChI is InChI=1S/C7H14N4O5S/c8-7-9-15-17(12,13)16-11(7)2-1-10-3-5-14-6-4-10/h1-6H2,(H2,8,9). The average molecular weight is 266 g/mol. The van der Waals surface area contributed by atoms with E-state index in [0.717, 1.165) is 18.2 Å². The van der Waals surface area contributed by atoms with Gasteiger partial charge in [0.2, 0.25) is 0 Å². The van der Waals surface area contributed by atoms with Crippen LogP contribution in [0.1, 0.15) is 0 Å². The Kier molecular flexibility index (Phi) is 3.66. The van der Waals surface area contributed by atoms with Crippen LogP contribution in [0, 0.1) is 0 Å². The number of hydroxylamine groups is 2. The summed E-state index contributed by atoms with van der Waals surface area (Å²) in [5, 5.41) is 4.19. The molecule has 0 saturated carbocycles. The van der Waals surface area contributed by atoms with E-state index in [1.807, 2.05) is 0 Å². The topological polar surface area (TPSA) is 107 Å². The Balaban J connectivity index is 1.85. The number of guanidine groups is 1. The third-order valence-electron chi connectivity index (χ3n) is 2.38. The Bertz CT molecular complexity index is 391. The molecule has 0 amide bonds. The second kappa shape index (κ2) is 5.04. The molecule has 2 N–H and O–H groups in total. The zero-order chi connectivity index (χ0) is 12.3. The molecule has 0 aromatic rings. The molecule has 2 aliphatic rings. The summed E-state index contributed by atoms with van der Waals surface area (Å²) in [4.78, 5) is 2.11. The summed E-state index contributed by atoms with van der Waals surface area (Å²) in [7, 11) is -4.10. The second-order valence-electron chi connectivity index (χ2n) is 3.56. The third-order valence-corrected chi connectivity index (χ3v) is 3.00. The number of nitrogens with zero attached hydrogens (tertiary/aromatic N) is 3. The molecule has 2 aliphatic heterocycles. The maximum Gasteiger partial charge on any atom is 0.491 e. The molecule has 9 nitrogen and oxygen atoms in total. The maximum atomic E-state index is 11.0. The van der Waals surface area contributed by atoms with Gasteiger partial charge in [0.25, 0.3) is 5.96 Å². The van der Waals surface area contributed by atoms with Crippen LogP contribution in [0.4, 0.5) is 0 Å². The van der Waals surface area contributed by atoms with Gasteiger partial charge in [-0.25, -0.2) is 4.28 Å². The fraction of sp³-hybridized carbons (Fsp3) is 0.857. The number of oxime groups is 1. The van der Waals surface area contributed by atoms with Crippen LogP contribution in [0.5, 0.6) is 0 Å². The van der Waals surface area contributed by atoms with Gasteiger partial charge in [-0.3, -0.25) is 4.90 Å². The zero-order valence-electron chi connectivity index (χ0n) is 9.11. The predicted molar refractivity (Wildman–Crippen MR) is 56.7 cm³/mol. The van der Waals surface area contributed by atoms with Crippen molar-refractivity contribution in [3.05, 3.63) is 0 Å². The Hall–Kier alpha value is -1.10. The van der Waals surface area contributed by atoms with E-state index >= 15 is 0 Å². The zero-order valence-corrected chi connectivity index (χ0v) is 9.93. The quantitative estimate of drug-likeness (QED) is 0.628. The molecule has 1 fully saturated rings. The van der Waals surface area contributed by atoms with Gasteiger partial charge in [-0.2, -0.15) is 13.5 Å². The summed E-state index contributed by atoms with van der Waals surface area (Å²) < 4.78 is 35.7. The number of hydrogen-bond donors (Lipinski definition) is 1. The molecular formula is C7H14N4O5S. The van der Waals surface area contributed by atoms with E-state index in [9.17, 15) is 8.42 Å². The first-order valence-electron chi connectivity index (χ1n) is 5.11. The molecule has 0 aliphatic carbocycles. The van der Waals surface area contributed by atoms with Crippen molar-refractivity contribution in [1.82, 2.24) is 9.96 Å². The first kappa shape index (κ1) is 12.4. The molecular weight excluding hydrogens is 252 g/mol. The van der Waals surface area contributed by atoms with Crippen molar-refractivity contribution in [2.75, 3.05) is 39.4 Å². The minimum absolute atomic E-state index is 0.118. The van der Waals surface area contributed by atoms with Crippen molar-refractivity contribution >= 4 is 16.4 Å². The summed E-state index contributed by atoms with van der Waals surface area (Å²) in [6.45, 7) is 3.84. The molecule has 0 aromatic heterocycles. The lowest BCUT2D eigenvalue weighted by atomic mass is 10.4. The highest BCUT2D eigenvalue weighted by molar-refractivity contribution is 7.81. The van der Waals surface area contributed by atoms with Crippen molar-refractivity contribution in [3.63, 3.8) is 0 Å². The monoisotopic (exact) mass is 266 g/mol. The largest absolute Gasteiger partial charge is 0.491 e. The van der Waals surface area contributed by atoms with E-state index in [4.69, 9.17) is 10.5 Å². The SMILES string of the molecule is NC1=NOS(=O)(=O)ON1CCN1CCOCC1. The lowest BCUT2D eigenvalue weighted by molar-refractivity contribution is -0.0288. The highest BCUT2D eigenvalue weighted by atomic mass is 32.3. The normalized spacial score (nSPS) is 25.2. The minimum Gasteiger partial charge on any atom is -0.379 e. The van der Waals surface area contributed by atoms with E-state index in [1.165, 1.54) is 0 Å². The number of nitrogens with two attached hydrogens (primary N) is 1. The van der Waals surface area contributed by atoms with E-state index in [0.29, 0.717) is 19.8 Å². The van der Waals surface area contributed by atoms with Gasteiger partial charge in [0, 0.05) is 19.6 Å². The minimum atomic E-state index is -4.10. The lowest BCUT2D eigenvalue weighted by Crippen LogP contribution is -2.47. The molecule has 1 saturated heterocycles. The Labute approximate surface area is 99.0 Å². The summed E-state index contributed by atoms with van der Waals surface area (Å²) >= 11 is 0. The van der Waals surface area contributed by atoms with E-state index in [1.54, 1.807) is 0 Å². The maximum absolute atomic E-state index is 11.0. The van der Waals surface area contributed by atoms with E-state index in [-0.39, 0.29) is 12.5 Å². The fourth-order valence-corrected chi connectivity index (χ4v) is 2.07. The molecule has 0 bridgehead atoms. The molecule has 17 heavy (non-hydrogen) atoms. The Morgan fingerprint density at radius 3 is 2.71 bits per heavy atom. The molecule has 0 atom stereocenters. The van der Waals surface area contributed by atoms with Crippen molar-refractivity contribution < 1.29 is 21.7 Å². The van der Waals surface area contributed by atoms with Gasteiger partial charge in [0.15, 0.2) is 0 Å². The third kappa shape index (κ3) is 3.43. The molecule has 0 spiro atoms. The highest BCUT2D eigenvalue weighted by Gasteiger charge is 2.27. The van der Waals surface area contributed by atoms with Gasteiger partial charge in [0.05, 0.1) is 19.8 Å². The summed E-state index contributed by atoms with van der Waals surface area (Å²) in [6.07, 6.45) is 0. The van der Waals surface area contributed by atoms with Crippen molar-refractivity contribution in [3.8, 4) is 0 Å². The first-order chi connectivity index (χ1) is 8.07. The van der Waals surface area contributed by atoms with Crippen LogP contribution in [0.25, 0.3) is 0 Å². The smallest absolute Gasteiger partial charge is 0.379 e. The van der Waals surface area contributed by atoms with Crippen molar-refractivity contribution in [2.45, 2.75) is 0 Å². The number of rotatable bonds is 3. The van der Waals surface area contributed by atoms with Crippen LogP contribution in [0.3, 0.4) is 0 Å². The molecule has 0 aromatic carbocycles. The van der Waals surface area contributed by atoms with Crippen LogP contribution in [0.15, 0.2) is 5.16 Å². The molecule has 0 unspecified atom stereocenters. The van der Waals surface area contributed by atoms with Gasteiger partial charge < -0.3 is 10.5 Å². The number of morpholine rings is 1. The molecule has 10 heteroatoms. The van der Waals surface area contributed by atoms with Crippen LogP contribution < -0.4 is 5.73 Å². The van der Waals surface area contributed by atoms with Gasteiger partial charge in [0.1, 0.15) is 0 Å². The number of ether oxygens (including phenoxy) is 1. The first-order valence-corrected chi connectivity index (χ1v) is 6.44. The highest BCUT2D eigenvalue weighted by Crippen LogP contribution is 2.08. The fourth-order valence-electron chi connectivity index (χ4n) is 1.50. The van der Waals surface area contributed by atoms with Gasteiger partial charge in [-0.05, 0) is 5.16 Å². The van der Waals surface area contributed by atoms with Crippen LogP contribution in [-0.2, 0) is 23.7 Å². The van der Waals surface area contributed by atoms with E-state index in [2.05, 4.69) is 18.6 Å². The van der Waals surface area contributed by atoms with Gasteiger partial charge >= 0.3 is 10.4 Å². The predicted octanol–water partition coefficient (Wildman–Crippen LogP) is -1.94. The summed E-state index contributed by atoms with van der Waals surface area (Å²) in [5.74, 6) is -0.118. The van der Waals surface area contributed by atoms with Crippen LogP contribution >= 0.6 is 0 Å². The Morgan fingerprint density at radius 2 is 2.00 bits per heavy atom. The van der Waals surface area contributed by atoms with Gasteiger partial charge in [-0.15, -0.1) is 4.28 Å². The van der Waals surface area contributed by atoms with Gasteiger partial charge in [-0.1, -0.05) is 0 Å². The van der Waals surface area contributed by atoms with Crippen LogP contribution in [0.2, 0.25) is 0 Å². The molecule has 2 heterocycles. The van der Waals surface area contributed by atoms with Crippen LogP contribution in [-0.4, -0.2) is 63.7 Å². The Morgan fingerprint density at radius 1 is 1.29 bits per heavy atom. The lowest BCUT2D eigenvalue weighted by Gasteiger charge is -2.29. The van der Waals surface area contributed by atoms with E-state index < -0.39 is 10.4 Å². The molecule has 2 rings (SSSR count).